The fourth-order valence-electron chi connectivity index (χ4n) is 8.71. The van der Waals surface area contributed by atoms with Crippen molar-refractivity contribution in [2.75, 3.05) is 18.4 Å². The number of hydrogen-bond acceptors (Lipinski definition) is 9. The number of nitrogens with one attached hydrogen (secondary N) is 3. The second kappa shape index (κ2) is 16.6. The molecule has 0 saturated heterocycles. The number of carbonyl (C=O) groups is 1. The van der Waals surface area contributed by atoms with Gasteiger partial charge in [-0.2, -0.15) is 16.8 Å². The predicted octanol–water partition coefficient (Wildman–Crippen LogP) is 8.82. The highest BCUT2D eigenvalue weighted by atomic mass is 79.9. The van der Waals surface area contributed by atoms with E-state index in [1.54, 1.807) is 0 Å². The minimum absolute atomic E-state index is 0.0174. The molecule has 19 heteroatoms. The van der Waals surface area contributed by atoms with Gasteiger partial charge in [-0.1, -0.05) is 91.4 Å². The number of alkyl halides is 1. The van der Waals surface area contributed by atoms with Crippen LogP contribution in [0.3, 0.4) is 0 Å². The van der Waals surface area contributed by atoms with Gasteiger partial charge in [-0.15, -0.1) is 10.2 Å². The fraction of sp³-hybridized carbons (Fsp3) is 0.436. The van der Waals surface area contributed by atoms with Crippen LogP contribution in [-0.2, 0) is 36.9 Å². The average molecular weight is 941 g/mol. The van der Waals surface area contributed by atoms with Gasteiger partial charge in [0.25, 0.3) is 25.8 Å². The Hall–Kier alpha value is -3.42. The SMILES string of the molecule is Cc1[nH]n(-c2cc(Cl)c(S(=O)(=O)O)cc2Cl)c(=O)c1N=Nc1ccc(NC(=O)C(Br)CNCC2(C)CCCC3(C)c4ccc(C(C)C)cc4CCC23)cc1S(=O)(=O)O. The standard InChI is InChI=1S/C39H45BrCl2N6O8S2/c1-21(2)23-7-10-26-24(15-23)8-12-34-38(4,13-6-14-39(26,34)5)20-43-19-27(40)36(49)44-25-9-11-30(33(16-25)58(54,55)56)45-46-35-22(3)47-48(37(35)50)31-17-29(42)32(18-28(31)41)57(51,52)53/h7,9-11,15-18,21,27,34,43,47H,6,8,12-14,19-20H2,1-5H3,(H,44,49)(H,51,52,53)(H,54,55,56). The summed E-state index contributed by atoms with van der Waals surface area (Å²) in [7, 11) is -9.60. The normalized spacial score (nSPS) is 21.5. The van der Waals surface area contributed by atoms with Crippen LogP contribution in [0.4, 0.5) is 17.1 Å². The Bertz CT molecular complexity index is 2600. The molecule has 312 valence electrons. The molecule has 3 aromatic carbocycles. The van der Waals surface area contributed by atoms with Crippen molar-refractivity contribution in [3.05, 3.63) is 91.3 Å². The molecule has 0 aliphatic heterocycles. The summed E-state index contributed by atoms with van der Waals surface area (Å²) in [4.78, 5) is 24.6. The molecule has 4 unspecified atom stereocenters. The predicted molar refractivity (Wildman–Crippen MR) is 227 cm³/mol. The van der Waals surface area contributed by atoms with Gasteiger partial charge in [0.05, 0.1) is 21.4 Å². The van der Waals surface area contributed by atoms with E-state index < -0.39 is 51.3 Å². The molecule has 4 atom stereocenters. The third-order valence-electron chi connectivity index (χ3n) is 11.6. The lowest BCUT2D eigenvalue weighted by atomic mass is 9.49. The smallest absolute Gasteiger partial charge is 0.299 e. The number of hydrogen-bond donors (Lipinski definition) is 5. The number of aromatic nitrogens is 2. The van der Waals surface area contributed by atoms with E-state index in [1.807, 2.05) is 0 Å². The number of nitrogens with zero attached hydrogens (tertiary/aromatic N) is 3. The molecule has 1 saturated carbocycles. The van der Waals surface area contributed by atoms with Crippen molar-refractivity contribution >= 4 is 82.3 Å². The molecule has 0 radical (unpaired) electrons. The number of halogens is 3. The summed E-state index contributed by atoms with van der Waals surface area (Å²) in [5.74, 6) is 0.516. The lowest BCUT2D eigenvalue weighted by Gasteiger charge is -2.56. The van der Waals surface area contributed by atoms with Gasteiger partial charge in [0.15, 0.2) is 5.69 Å². The van der Waals surface area contributed by atoms with Crippen molar-refractivity contribution in [2.45, 2.75) is 92.7 Å². The molecule has 2 aliphatic carbocycles. The van der Waals surface area contributed by atoms with Gasteiger partial charge in [0, 0.05) is 18.8 Å². The summed E-state index contributed by atoms with van der Waals surface area (Å²) < 4.78 is 68.5. The number of carbonyl (C=O) groups excluding carboxylic acids is 1. The summed E-state index contributed by atoms with van der Waals surface area (Å²) >= 11 is 15.7. The van der Waals surface area contributed by atoms with Gasteiger partial charge >= 0.3 is 0 Å². The first-order chi connectivity index (χ1) is 27.0. The molecule has 1 amide bonds. The zero-order valence-corrected chi connectivity index (χ0v) is 37.2. The molecule has 1 aromatic heterocycles. The lowest BCUT2D eigenvalue weighted by Crippen LogP contribution is -2.53. The van der Waals surface area contributed by atoms with Gasteiger partial charge in [-0.3, -0.25) is 23.8 Å². The molecule has 4 aromatic rings. The molecule has 58 heavy (non-hydrogen) atoms. The number of rotatable bonds is 12. The summed E-state index contributed by atoms with van der Waals surface area (Å²) in [5.41, 5.74) is 3.13. The van der Waals surface area contributed by atoms with E-state index in [-0.39, 0.29) is 44.3 Å². The monoisotopic (exact) mass is 938 g/mol. The van der Waals surface area contributed by atoms with Crippen molar-refractivity contribution < 1.29 is 30.7 Å². The van der Waals surface area contributed by atoms with Crippen LogP contribution in [-0.4, -0.2) is 59.5 Å². The molecule has 5 N–H and O–H groups in total. The Morgan fingerprint density at radius 3 is 2.38 bits per heavy atom. The zero-order chi connectivity index (χ0) is 42.5. The van der Waals surface area contributed by atoms with E-state index in [0.717, 1.165) is 61.5 Å². The van der Waals surface area contributed by atoms with E-state index in [9.17, 15) is 35.5 Å². The quantitative estimate of drug-likeness (QED) is 0.0521. The second-order valence-electron chi connectivity index (χ2n) is 16.0. The lowest BCUT2D eigenvalue weighted by molar-refractivity contribution is -0.115. The van der Waals surface area contributed by atoms with Gasteiger partial charge in [0.1, 0.15) is 20.3 Å². The van der Waals surface area contributed by atoms with Crippen LogP contribution in [0.5, 0.6) is 0 Å². The highest BCUT2D eigenvalue weighted by Gasteiger charge is 2.51. The van der Waals surface area contributed by atoms with Crippen LogP contribution in [0.15, 0.2) is 73.3 Å². The molecule has 1 fully saturated rings. The first kappa shape index (κ1) is 44.1. The Kier molecular flexibility index (Phi) is 12.6. The fourth-order valence-corrected chi connectivity index (χ4v) is 11.0. The number of azo groups is 1. The molecular formula is C39H45BrCl2N6O8S2. The Labute approximate surface area is 355 Å². The first-order valence-corrected chi connectivity index (χ1v) is 23.2. The van der Waals surface area contributed by atoms with Gasteiger partial charge in [0.2, 0.25) is 5.91 Å². The molecule has 0 spiro atoms. The number of H-pyrrole nitrogens is 1. The van der Waals surface area contributed by atoms with Gasteiger partial charge in [-0.05, 0) is 102 Å². The topological polar surface area (TPSA) is 212 Å². The highest BCUT2D eigenvalue weighted by molar-refractivity contribution is 9.10. The Balaban J connectivity index is 1.13. The maximum Gasteiger partial charge on any atom is 0.299 e. The van der Waals surface area contributed by atoms with Crippen LogP contribution >= 0.6 is 39.1 Å². The average Bonchev–Trinajstić information content (AvgIpc) is 3.42. The molecule has 2 aliphatic rings. The molecular weight excluding hydrogens is 895 g/mol. The number of fused-ring (bicyclic) bond motifs is 3. The summed E-state index contributed by atoms with van der Waals surface area (Å²) in [5, 5.41) is 16.1. The van der Waals surface area contributed by atoms with Crippen molar-refractivity contribution in [3.63, 3.8) is 0 Å². The number of amides is 1. The maximum atomic E-state index is 13.3. The third kappa shape index (κ3) is 8.87. The maximum absolute atomic E-state index is 13.3. The van der Waals surface area contributed by atoms with E-state index in [1.165, 1.54) is 35.7 Å². The van der Waals surface area contributed by atoms with Crippen molar-refractivity contribution in [1.29, 1.82) is 0 Å². The van der Waals surface area contributed by atoms with E-state index >= 15 is 0 Å². The van der Waals surface area contributed by atoms with Crippen LogP contribution < -0.4 is 16.2 Å². The molecule has 1 heterocycles. The minimum atomic E-state index is -4.90. The molecule has 14 nitrogen and oxygen atoms in total. The Morgan fingerprint density at radius 2 is 1.71 bits per heavy atom. The minimum Gasteiger partial charge on any atom is -0.325 e. The molecule has 0 bridgehead atoms. The van der Waals surface area contributed by atoms with Gasteiger partial charge < -0.3 is 10.6 Å². The summed E-state index contributed by atoms with van der Waals surface area (Å²) in [6, 6.07) is 12.6. The summed E-state index contributed by atoms with van der Waals surface area (Å²) in [6.07, 6.45) is 5.50. The number of benzene rings is 3. The molecule has 6 rings (SSSR count). The Morgan fingerprint density at radius 1 is 1.00 bits per heavy atom. The van der Waals surface area contributed by atoms with Crippen LogP contribution in [0.2, 0.25) is 10.0 Å². The van der Waals surface area contributed by atoms with Crippen LogP contribution in [0.1, 0.15) is 81.7 Å². The largest absolute Gasteiger partial charge is 0.325 e. The van der Waals surface area contributed by atoms with E-state index in [0.29, 0.717) is 18.4 Å². The summed E-state index contributed by atoms with van der Waals surface area (Å²) in [6.45, 7) is 11.7. The zero-order valence-electron chi connectivity index (χ0n) is 32.4. The second-order valence-corrected chi connectivity index (χ2v) is 20.7. The van der Waals surface area contributed by atoms with Crippen LogP contribution in [0.25, 0.3) is 5.69 Å². The number of aryl methyl sites for hydroxylation is 2. The van der Waals surface area contributed by atoms with E-state index in [4.69, 9.17) is 23.2 Å². The van der Waals surface area contributed by atoms with Gasteiger partial charge in [-0.25, -0.2) is 4.68 Å². The number of aromatic amines is 1. The highest BCUT2D eigenvalue weighted by Crippen LogP contribution is 2.57. The van der Waals surface area contributed by atoms with Crippen molar-refractivity contribution in [2.24, 2.45) is 21.6 Å². The van der Waals surface area contributed by atoms with Crippen molar-refractivity contribution in [3.8, 4) is 5.69 Å². The first-order valence-electron chi connectivity index (χ1n) is 18.6. The van der Waals surface area contributed by atoms with Crippen LogP contribution in [0, 0.1) is 18.3 Å². The number of anilines is 1. The third-order valence-corrected chi connectivity index (χ3v) is 14.9. The van der Waals surface area contributed by atoms with E-state index in [2.05, 4.69) is 87.8 Å². The van der Waals surface area contributed by atoms with Crippen molar-refractivity contribution in [1.82, 2.24) is 15.1 Å².